The van der Waals surface area contributed by atoms with Crippen molar-refractivity contribution in [1.29, 1.82) is 0 Å². The highest BCUT2D eigenvalue weighted by molar-refractivity contribution is 6.34. The molecule has 0 bridgehead atoms. The Morgan fingerprint density at radius 1 is 1.38 bits per heavy atom. The monoisotopic (exact) mass is 236 g/mol. The second kappa shape index (κ2) is 4.06. The molecule has 0 saturated carbocycles. The standard InChI is InChI=1S/C11H9ClN2O2/c1-6-4-3-5-7-8(6)13-10(11(15)16-2)14-9(7)12/h3-5H,1-2H3. The van der Waals surface area contributed by atoms with E-state index in [-0.39, 0.29) is 11.0 Å². The van der Waals surface area contributed by atoms with Crippen molar-refractivity contribution in [3.05, 3.63) is 34.7 Å². The zero-order valence-electron chi connectivity index (χ0n) is 8.82. The molecule has 1 aromatic heterocycles. The Balaban J connectivity index is 2.75. The Morgan fingerprint density at radius 2 is 2.12 bits per heavy atom. The molecule has 0 aliphatic heterocycles. The number of halogens is 1. The molecule has 1 heterocycles. The molecule has 16 heavy (non-hydrogen) atoms. The third kappa shape index (κ3) is 1.72. The smallest absolute Gasteiger partial charge is 0.376 e. The van der Waals surface area contributed by atoms with Crippen LogP contribution in [0.15, 0.2) is 18.2 Å². The van der Waals surface area contributed by atoms with Crippen LogP contribution < -0.4 is 0 Å². The number of carbonyl (C=O) groups is 1. The van der Waals surface area contributed by atoms with Crippen molar-refractivity contribution in [3.8, 4) is 0 Å². The van der Waals surface area contributed by atoms with Crippen LogP contribution in [0.5, 0.6) is 0 Å². The van der Waals surface area contributed by atoms with E-state index in [2.05, 4.69) is 14.7 Å². The Bertz CT molecular complexity index is 569. The lowest BCUT2D eigenvalue weighted by atomic mass is 10.1. The van der Waals surface area contributed by atoms with Gasteiger partial charge in [-0.25, -0.2) is 14.8 Å². The molecule has 0 aliphatic rings. The van der Waals surface area contributed by atoms with Crippen LogP contribution in [-0.4, -0.2) is 23.0 Å². The quantitative estimate of drug-likeness (QED) is 0.564. The van der Waals surface area contributed by atoms with Crippen LogP contribution in [0.1, 0.15) is 16.2 Å². The predicted octanol–water partition coefficient (Wildman–Crippen LogP) is 2.38. The van der Waals surface area contributed by atoms with E-state index in [1.807, 2.05) is 25.1 Å². The molecule has 0 N–H and O–H groups in total. The molecule has 5 heteroatoms. The molecular weight excluding hydrogens is 228 g/mol. The van der Waals surface area contributed by atoms with Crippen molar-refractivity contribution in [3.63, 3.8) is 0 Å². The first-order valence-corrected chi connectivity index (χ1v) is 5.02. The Hall–Kier alpha value is -1.68. The molecule has 0 aliphatic carbocycles. The van der Waals surface area contributed by atoms with Gasteiger partial charge in [-0.2, -0.15) is 0 Å². The molecule has 0 radical (unpaired) electrons. The van der Waals surface area contributed by atoms with Gasteiger partial charge in [-0.15, -0.1) is 0 Å². The summed E-state index contributed by atoms with van der Waals surface area (Å²) in [4.78, 5) is 19.3. The van der Waals surface area contributed by atoms with Gasteiger partial charge in [0.1, 0.15) is 5.15 Å². The van der Waals surface area contributed by atoms with Crippen LogP contribution in [0.2, 0.25) is 5.15 Å². The third-order valence-corrected chi connectivity index (χ3v) is 2.54. The first kappa shape index (κ1) is 10.8. The molecule has 0 atom stereocenters. The van der Waals surface area contributed by atoms with E-state index in [1.165, 1.54) is 7.11 Å². The van der Waals surface area contributed by atoms with Crippen LogP contribution >= 0.6 is 11.6 Å². The number of aromatic nitrogens is 2. The van der Waals surface area contributed by atoms with Gasteiger partial charge in [0.05, 0.1) is 12.6 Å². The fraction of sp³-hybridized carbons (Fsp3) is 0.182. The molecular formula is C11H9ClN2O2. The SMILES string of the molecule is COC(=O)c1nc(Cl)c2cccc(C)c2n1. The summed E-state index contributed by atoms with van der Waals surface area (Å²) in [6.07, 6.45) is 0. The maximum atomic E-state index is 11.3. The van der Waals surface area contributed by atoms with Crippen molar-refractivity contribution >= 4 is 28.5 Å². The molecule has 0 amide bonds. The van der Waals surface area contributed by atoms with Crippen molar-refractivity contribution in [1.82, 2.24) is 9.97 Å². The Kier molecular flexibility index (Phi) is 2.75. The summed E-state index contributed by atoms with van der Waals surface area (Å²) in [6, 6.07) is 5.57. The van der Waals surface area contributed by atoms with Gasteiger partial charge in [0.2, 0.25) is 5.82 Å². The van der Waals surface area contributed by atoms with E-state index < -0.39 is 5.97 Å². The van der Waals surface area contributed by atoms with Crippen LogP contribution in [0, 0.1) is 6.92 Å². The van der Waals surface area contributed by atoms with E-state index in [9.17, 15) is 4.79 Å². The number of aryl methyl sites for hydroxylation is 1. The number of hydrogen-bond acceptors (Lipinski definition) is 4. The summed E-state index contributed by atoms with van der Waals surface area (Å²) in [7, 11) is 1.28. The molecule has 1 aromatic carbocycles. The molecule has 2 aromatic rings. The zero-order chi connectivity index (χ0) is 11.7. The summed E-state index contributed by atoms with van der Waals surface area (Å²) in [6.45, 7) is 1.90. The van der Waals surface area contributed by atoms with Crippen molar-refractivity contribution in [2.75, 3.05) is 7.11 Å². The highest BCUT2D eigenvalue weighted by Crippen LogP contribution is 2.22. The van der Waals surface area contributed by atoms with E-state index in [0.29, 0.717) is 5.52 Å². The van der Waals surface area contributed by atoms with Gasteiger partial charge < -0.3 is 4.74 Å². The minimum absolute atomic E-state index is 0.0192. The van der Waals surface area contributed by atoms with E-state index in [4.69, 9.17) is 11.6 Å². The number of ether oxygens (including phenoxy) is 1. The second-order valence-corrected chi connectivity index (χ2v) is 3.66. The number of benzene rings is 1. The lowest BCUT2D eigenvalue weighted by molar-refractivity contribution is 0.0587. The number of esters is 1. The lowest BCUT2D eigenvalue weighted by Crippen LogP contribution is -2.08. The van der Waals surface area contributed by atoms with Gasteiger partial charge in [0, 0.05) is 5.39 Å². The van der Waals surface area contributed by atoms with E-state index in [0.717, 1.165) is 10.9 Å². The van der Waals surface area contributed by atoms with Crippen molar-refractivity contribution in [2.24, 2.45) is 0 Å². The number of carbonyl (C=O) groups excluding carboxylic acids is 1. The molecule has 0 saturated heterocycles. The first-order chi connectivity index (χ1) is 7.63. The van der Waals surface area contributed by atoms with Gasteiger partial charge in [0.15, 0.2) is 0 Å². The van der Waals surface area contributed by atoms with Gasteiger partial charge >= 0.3 is 5.97 Å². The highest BCUT2D eigenvalue weighted by Gasteiger charge is 2.13. The summed E-state index contributed by atoms with van der Waals surface area (Å²) >= 11 is 5.98. The van der Waals surface area contributed by atoms with Crippen molar-refractivity contribution in [2.45, 2.75) is 6.92 Å². The van der Waals surface area contributed by atoms with Crippen LogP contribution in [0.3, 0.4) is 0 Å². The van der Waals surface area contributed by atoms with Crippen LogP contribution in [-0.2, 0) is 4.74 Å². The normalized spacial score (nSPS) is 10.4. The van der Waals surface area contributed by atoms with Crippen LogP contribution in [0.4, 0.5) is 0 Å². The fourth-order valence-electron chi connectivity index (χ4n) is 1.44. The number of methoxy groups -OCH3 is 1. The minimum Gasteiger partial charge on any atom is -0.463 e. The highest BCUT2D eigenvalue weighted by atomic mass is 35.5. The summed E-state index contributed by atoms with van der Waals surface area (Å²) in [5, 5.41) is 0.989. The first-order valence-electron chi connectivity index (χ1n) is 4.64. The van der Waals surface area contributed by atoms with Gasteiger partial charge in [-0.3, -0.25) is 0 Å². The van der Waals surface area contributed by atoms with E-state index >= 15 is 0 Å². The third-order valence-electron chi connectivity index (χ3n) is 2.25. The Labute approximate surface area is 97.2 Å². The number of fused-ring (bicyclic) bond motifs is 1. The molecule has 0 fully saturated rings. The average Bonchev–Trinajstić information content (AvgIpc) is 2.29. The maximum Gasteiger partial charge on any atom is 0.376 e. The minimum atomic E-state index is -0.591. The van der Waals surface area contributed by atoms with Crippen LogP contribution in [0.25, 0.3) is 10.9 Å². The predicted molar refractivity (Wildman–Crippen MR) is 60.6 cm³/mol. The summed E-state index contributed by atoms with van der Waals surface area (Å²) < 4.78 is 4.56. The largest absolute Gasteiger partial charge is 0.463 e. The van der Waals surface area contributed by atoms with Gasteiger partial charge in [-0.05, 0) is 18.6 Å². The second-order valence-electron chi connectivity index (χ2n) is 3.30. The number of para-hydroxylation sites is 1. The van der Waals surface area contributed by atoms with Gasteiger partial charge in [-0.1, -0.05) is 23.7 Å². The molecule has 0 unspecified atom stereocenters. The molecule has 0 spiro atoms. The zero-order valence-corrected chi connectivity index (χ0v) is 9.58. The number of nitrogens with zero attached hydrogens (tertiary/aromatic N) is 2. The topological polar surface area (TPSA) is 52.1 Å². The molecule has 82 valence electrons. The Morgan fingerprint density at radius 3 is 2.81 bits per heavy atom. The average molecular weight is 237 g/mol. The number of rotatable bonds is 1. The molecule has 4 nitrogen and oxygen atoms in total. The van der Waals surface area contributed by atoms with Crippen molar-refractivity contribution < 1.29 is 9.53 Å². The summed E-state index contributed by atoms with van der Waals surface area (Å²) in [5.74, 6) is -0.610. The summed E-state index contributed by atoms with van der Waals surface area (Å²) in [5.41, 5.74) is 1.61. The number of hydrogen-bond donors (Lipinski definition) is 0. The lowest BCUT2D eigenvalue weighted by Gasteiger charge is -2.04. The maximum absolute atomic E-state index is 11.3. The molecule has 2 rings (SSSR count). The fourth-order valence-corrected chi connectivity index (χ4v) is 1.67. The van der Waals surface area contributed by atoms with Gasteiger partial charge in [0.25, 0.3) is 0 Å². The van der Waals surface area contributed by atoms with E-state index in [1.54, 1.807) is 0 Å².